The van der Waals surface area contributed by atoms with Crippen molar-refractivity contribution in [3.05, 3.63) is 41.9 Å². The zero-order valence-corrected chi connectivity index (χ0v) is 10.5. The number of nitriles is 1. The fraction of sp³-hybridized carbons (Fsp3) is 0.308. The molecule has 0 saturated carbocycles. The summed E-state index contributed by atoms with van der Waals surface area (Å²) < 4.78 is 0. The van der Waals surface area contributed by atoms with Crippen LogP contribution >= 0.6 is 0 Å². The van der Waals surface area contributed by atoms with Crippen LogP contribution in [0, 0.1) is 11.3 Å². The van der Waals surface area contributed by atoms with Gasteiger partial charge < -0.3 is 10.6 Å². The van der Waals surface area contributed by atoms with Crippen LogP contribution in [0.4, 0.5) is 0 Å². The summed E-state index contributed by atoms with van der Waals surface area (Å²) in [5, 5.41) is 14.5. The summed E-state index contributed by atoms with van der Waals surface area (Å²) in [6, 6.07) is 5.60. The Balaban J connectivity index is 2.54. The Hall–Kier alpha value is -2.35. The third kappa shape index (κ3) is 4.66. The largest absolute Gasteiger partial charge is 0.386 e. The monoisotopic (exact) mass is 244 g/mol. The van der Waals surface area contributed by atoms with Gasteiger partial charge in [-0.1, -0.05) is 0 Å². The van der Waals surface area contributed by atoms with Crippen LogP contribution in [0.2, 0.25) is 0 Å². The van der Waals surface area contributed by atoms with Crippen molar-refractivity contribution in [2.24, 2.45) is 0 Å². The first-order valence-electron chi connectivity index (χ1n) is 5.67. The Morgan fingerprint density at radius 3 is 2.72 bits per heavy atom. The molecule has 1 heterocycles. The molecule has 1 aromatic rings. The molecule has 0 saturated heterocycles. The SMILES string of the molecule is CC(C)NC(=O)/C(C#N)=C\NCc1ccncc1. The number of carbonyl (C=O) groups is 1. The average Bonchev–Trinajstić information content (AvgIpc) is 2.35. The number of aromatic nitrogens is 1. The highest BCUT2D eigenvalue weighted by Gasteiger charge is 2.09. The van der Waals surface area contributed by atoms with Gasteiger partial charge in [-0.25, -0.2) is 0 Å². The molecule has 0 atom stereocenters. The minimum absolute atomic E-state index is 0.00875. The van der Waals surface area contributed by atoms with Gasteiger partial charge in [0.2, 0.25) is 0 Å². The summed E-state index contributed by atoms with van der Waals surface area (Å²) in [6.45, 7) is 4.23. The van der Waals surface area contributed by atoms with Crippen LogP contribution < -0.4 is 10.6 Å². The lowest BCUT2D eigenvalue weighted by atomic mass is 10.2. The normalized spacial score (nSPS) is 10.9. The highest BCUT2D eigenvalue weighted by Crippen LogP contribution is 1.97. The first-order chi connectivity index (χ1) is 8.63. The Morgan fingerprint density at radius 2 is 2.17 bits per heavy atom. The highest BCUT2D eigenvalue weighted by atomic mass is 16.1. The molecule has 1 rings (SSSR count). The molecule has 0 radical (unpaired) electrons. The Morgan fingerprint density at radius 1 is 1.50 bits per heavy atom. The maximum Gasteiger partial charge on any atom is 0.263 e. The van der Waals surface area contributed by atoms with E-state index >= 15 is 0 Å². The van der Waals surface area contributed by atoms with E-state index in [9.17, 15) is 4.79 Å². The quantitative estimate of drug-likeness (QED) is 0.600. The van der Waals surface area contributed by atoms with Gasteiger partial charge >= 0.3 is 0 Å². The van der Waals surface area contributed by atoms with E-state index in [2.05, 4.69) is 15.6 Å². The van der Waals surface area contributed by atoms with Crippen LogP contribution in [-0.2, 0) is 11.3 Å². The second-order valence-electron chi connectivity index (χ2n) is 4.03. The minimum atomic E-state index is -0.366. The van der Waals surface area contributed by atoms with Crippen molar-refractivity contribution in [2.45, 2.75) is 26.4 Å². The van der Waals surface area contributed by atoms with E-state index in [1.54, 1.807) is 12.4 Å². The maximum atomic E-state index is 11.6. The first-order valence-corrected chi connectivity index (χ1v) is 5.67. The Kier molecular flexibility index (Phi) is 5.39. The lowest BCUT2D eigenvalue weighted by molar-refractivity contribution is -0.117. The van der Waals surface area contributed by atoms with Crippen LogP contribution in [0.5, 0.6) is 0 Å². The minimum Gasteiger partial charge on any atom is -0.386 e. The topological polar surface area (TPSA) is 77.8 Å². The summed E-state index contributed by atoms with van der Waals surface area (Å²) in [7, 11) is 0. The summed E-state index contributed by atoms with van der Waals surface area (Å²) in [6.07, 6.45) is 4.81. The van der Waals surface area contributed by atoms with E-state index in [0.29, 0.717) is 6.54 Å². The van der Waals surface area contributed by atoms with Gasteiger partial charge in [0.15, 0.2) is 0 Å². The van der Waals surface area contributed by atoms with Crippen molar-refractivity contribution in [3.63, 3.8) is 0 Å². The van der Waals surface area contributed by atoms with E-state index in [1.165, 1.54) is 6.20 Å². The predicted molar refractivity (Wildman–Crippen MR) is 68.1 cm³/mol. The van der Waals surface area contributed by atoms with E-state index in [-0.39, 0.29) is 17.5 Å². The molecule has 2 N–H and O–H groups in total. The number of amides is 1. The van der Waals surface area contributed by atoms with Gasteiger partial charge in [-0.2, -0.15) is 5.26 Å². The number of hydrogen-bond donors (Lipinski definition) is 2. The van der Waals surface area contributed by atoms with Crippen molar-refractivity contribution in [1.29, 1.82) is 5.26 Å². The smallest absolute Gasteiger partial charge is 0.263 e. The molecule has 0 fully saturated rings. The third-order valence-electron chi connectivity index (χ3n) is 2.09. The fourth-order valence-corrected chi connectivity index (χ4v) is 1.26. The number of nitrogens with zero attached hydrogens (tertiary/aromatic N) is 2. The molecule has 94 valence electrons. The van der Waals surface area contributed by atoms with Crippen molar-refractivity contribution in [2.75, 3.05) is 0 Å². The lowest BCUT2D eigenvalue weighted by Crippen LogP contribution is -2.31. The van der Waals surface area contributed by atoms with Gasteiger partial charge in [0.25, 0.3) is 5.91 Å². The second kappa shape index (κ2) is 7.07. The number of pyridine rings is 1. The number of hydrogen-bond acceptors (Lipinski definition) is 4. The molecule has 1 aromatic heterocycles. The molecule has 0 spiro atoms. The zero-order chi connectivity index (χ0) is 13.4. The Labute approximate surface area is 107 Å². The van der Waals surface area contributed by atoms with Crippen molar-refractivity contribution < 1.29 is 4.79 Å². The second-order valence-corrected chi connectivity index (χ2v) is 4.03. The van der Waals surface area contributed by atoms with Crippen LogP contribution in [0.1, 0.15) is 19.4 Å². The third-order valence-corrected chi connectivity index (χ3v) is 2.09. The average molecular weight is 244 g/mol. The summed E-state index contributed by atoms with van der Waals surface area (Å²) in [5.74, 6) is -0.366. The molecule has 0 bridgehead atoms. The van der Waals surface area contributed by atoms with Crippen LogP contribution in [0.25, 0.3) is 0 Å². The van der Waals surface area contributed by atoms with Crippen LogP contribution in [0.15, 0.2) is 36.3 Å². The lowest BCUT2D eigenvalue weighted by Gasteiger charge is -2.07. The number of rotatable bonds is 5. The standard InChI is InChI=1S/C13H16N4O/c1-10(2)17-13(18)12(7-14)9-16-8-11-3-5-15-6-4-11/h3-6,9-10,16H,8H2,1-2H3,(H,17,18)/b12-9-. The first kappa shape index (κ1) is 13.7. The number of nitrogens with one attached hydrogen (secondary N) is 2. The predicted octanol–water partition coefficient (Wildman–Crippen LogP) is 1.10. The van der Waals surface area contributed by atoms with Gasteiger partial charge in [0.05, 0.1) is 0 Å². The molecular formula is C13H16N4O. The Bertz CT molecular complexity index is 460. The van der Waals surface area contributed by atoms with Gasteiger partial charge in [-0.05, 0) is 31.5 Å². The molecule has 0 aliphatic rings. The van der Waals surface area contributed by atoms with Crippen LogP contribution in [-0.4, -0.2) is 16.9 Å². The van der Waals surface area contributed by atoms with E-state index < -0.39 is 0 Å². The van der Waals surface area contributed by atoms with E-state index in [4.69, 9.17) is 5.26 Å². The molecule has 5 nitrogen and oxygen atoms in total. The highest BCUT2D eigenvalue weighted by molar-refractivity contribution is 5.97. The zero-order valence-electron chi connectivity index (χ0n) is 10.5. The molecule has 18 heavy (non-hydrogen) atoms. The number of carbonyl (C=O) groups excluding carboxylic acids is 1. The molecular weight excluding hydrogens is 228 g/mol. The van der Waals surface area contributed by atoms with Gasteiger partial charge in [-0.3, -0.25) is 9.78 Å². The summed E-state index contributed by atoms with van der Waals surface area (Å²) >= 11 is 0. The van der Waals surface area contributed by atoms with E-state index in [1.807, 2.05) is 32.0 Å². The van der Waals surface area contributed by atoms with Crippen molar-refractivity contribution in [1.82, 2.24) is 15.6 Å². The van der Waals surface area contributed by atoms with E-state index in [0.717, 1.165) is 5.56 Å². The van der Waals surface area contributed by atoms with Gasteiger partial charge in [-0.15, -0.1) is 0 Å². The molecule has 5 heteroatoms. The summed E-state index contributed by atoms with van der Waals surface area (Å²) in [5.41, 5.74) is 1.10. The maximum absolute atomic E-state index is 11.6. The molecule has 0 aromatic carbocycles. The summed E-state index contributed by atoms with van der Waals surface area (Å²) in [4.78, 5) is 15.5. The molecule has 1 amide bonds. The van der Waals surface area contributed by atoms with Crippen LogP contribution in [0.3, 0.4) is 0 Å². The fourth-order valence-electron chi connectivity index (χ4n) is 1.26. The molecule has 0 aliphatic heterocycles. The van der Waals surface area contributed by atoms with Crippen molar-refractivity contribution in [3.8, 4) is 6.07 Å². The molecule has 0 unspecified atom stereocenters. The van der Waals surface area contributed by atoms with Gasteiger partial charge in [0.1, 0.15) is 11.6 Å². The molecule has 0 aliphatic carbocycles. The van der Waals surface area contributed by atoms with Gasteiger partial charge in [0, 0.05) is 31.2 Å². The van der Waals surface area contributed by atoms with Crippen molar-refractivity contribution >= 4 is 5.91 Å².